The lowest BCUT2D eigenvalue weighted by Crippen LogP contribution is -2.33. The fourth-order valence-corrected chi connectivity index (χ4v) is 3.01. The van der Waals surface area contributed by atoms with Gasteiger partial charge in [-0.25, -0.2) is 0 Å². The molecule has 0 aliphatic heterocycles. The number of aliphatic hydroxyl groups is 1. The van der Waals surface area contributed by atoms with Crippen molar-refractivity contribution in [2.24, 2.45) is 0 Å². The Labute approximate surface area is 78.4 Å². The molecule has 3 aliphatic rings. The Morgan fingerprint density at radius 3 is 2.62 bits per heavy atom. The SMILES string of the molecule is OC1CC2CCC1c1ccccc12. The van der Waals surface area contributed by atoms with Gasteiger partial charge in [-0.15, -0.1) is 0 Å². The van der Waals surface area contributed by atoms with E-state index >= 15 is 0 Å². The van der Waals surface area contributed by atoms with Crippen LogP contribution in [0.5, 0.6) is 0 Å². The van der Waals surface area contributed by atoms with Gasteiger partial charge in [0.15, 0.2) is 0 Å². The summed E-state index contributed by atoms with van der Waals surface area (Å²) in [5, 5.41) is 9.85. The van der Waals surface area contributed by atoms with Crippen LogP contribution < -0.4 is 0 Å². The fraction of sp³-hybridized carbons (Fsp3) is 0.500. The quantitative estimate of drug-likeness (QED) is 0.640. The van der Waals surface area contributed by atoms with E-state index in [1.165, 1.54) is 24.0 Å². The van der Waals surface area contributed by atoms with Crippen molar-refractivity contribution in [2.75, 3.05) is 0 Å². The van der Waals surface area contributed by atoms with Crippen molar-refractivity contribution >= 4 is 0 Å². The van der Waals surface area contributed by atoms with Gasteiger partial charge in [0.05, 0.1) is 6.10 Å². The largest absolute Gasteiger partial charge is 0.392 e. The van der Waals surface area contributed by atoms with Gasteiger partial charge in [-0.05, 0) is 36.3 Å². The second kappa shape index (κ2) is 2.58. The molecule has 1 nitrogen and oxygen atoms in total. The molecule has 0 saturated heterocycles. The summed E-state index contributed by atoms with van der Waals surface area (Å²) >= 11 is 0. The van der Waals surface area contributed by atoms with Crippen molar-refractivity contribution in [1.82, 2.24) is 0 Å². The van der Waals surface area contributed by atoms with E-state index in [-0.39, 0.29) is 6.10 Å². The molecule has 68 valence electrons. The third-order valence-corrected chi connectivity index (χ3v) is 3.65. The maximum absolute atomic E-state index is 9.85. The van der Waals surface area contributed by atoms with Gasteiger partial charge >= 0.3 is 0 Å². The first-order chi connectivity index (χ1) is 6.36. The predicted octanol–water partition coefficient (Wildman–Crippen LogP) is 2.41. The van der Waals surface area contributed by atoms with E-state index in [1.54, 1.807) is 0 Å². The lowest BCUT2D eigenvalue weighted by molar-refractivity contribution is 0.0836. The highest BCUT2D eigenvalue weighted by Crippen LogP contribution is 2.48. The summed E-state index contributed by atoms with van der Waals surface area (Å²) in [7, 11) is 0. The van der Waals surface area contributed by atoms with Crippen LogP contribution in [0.15, 0.2) is 24.3 Å². The molecule has 0 spiro atoms. The summed E-state index contributed by atoms with van der Waals surface area (Å²) in [4.78, 5) is 0. The van der Waals surface area contributed by atoms with Crippen LogP contribution in [0.2, 0.25) is 0 Å². The number of benzene rings is 1. The summed E-state index contributed by atoms with van der Waals surface area (Å²) in [6, 6.07) is 8.63. The first kappa shape index (κ1) is 7.57. The Bertz CT molecular complexity index is 332. The minimum absolute atomic E-state index is 0.0753. The molecule has 1 saturated carbocycles. The molecule has 4 rings (SSSR count). The Kier molecular flexibility index (Phi) is 1.50. The molecular formula is C12H14O. The molecule has 0 radical (unpaired) electrons. The van der Waals surface area contributed by atoms with Crippen LogP contribution in [-0.2, 0) is 0 Å². The van der Waals surface area contributed by atoms with Gasteiger partial charge in [-0.1, -0.05) is 24.3 Å². The molecule has 13 heavy (non-hydrogen) atoms. The molecule has 1 aromatic carbocycles. The lowest BCUT2D eigenvalue weighted by Gasteiger charge is -2.41. The van der Waals surface area contributed by atoms with E-state index in [2.05, 4.69) is 24.3 Å². The number of hydrogen-bond acceptors (Lipinski definition) is 1. The van der Waals surface area contributed by atoms with Gasteiger partial charge in [0, 0.05) is 5.92 Å². The molecule has 1 aromatic rings. The van der Waals surface area contributed by atoms with Crippen LogP contribution >= 0.6 is 0 Å². The van der Waals surface area contributed by atoms with E-state index in [1.807, 2.05) is 0 Å². The molecule has 0 heterocycles. The van der Waals surface area contributed by atoms with E-state index < -0.39 is 0 Å². The number of rotatable bonds is 0. The maximum atomic E-state index is 9.85. The van der Waals surface area contributed by atoms with E-state index in [9.17, 15) is 5.11 Å². The Hall–Kier alpha value is -0.820. The van der Waals surface area contributed by atoms with E-state index in [0.29, 0.717) is 11.8 Å². The topological polar surface area (TPSA) is 20.2 Å². The molecule has 0 aromatic heterocycles. The molecule has 1 fully saturated rings. The molecule has 3 atom stereocenters. The second-order valence-electron chi connectivity index (χ2n) is 4.31. The predicted molar refractivity (Wildman–Crippen MR) is 51.8 cm³/mol. The number of aliphatic hydroxyl groups excluding tert-OH is 1. The fourth-order valence-electron chi connectivity index (χ4n) is 3.01. The van der Waals surface area contributed by atoms with Gasteiger partial charge in [-0.2, -0.15) is 0 Å². The second-order valence-corrected chi connectivity index (χ2v) is 4.31. The van der Waals surface area contributed by atoms with Crippen LogP contribution in [0.25, 0.3) is 0 Å². The average Bonchev–Trinajstić information content (AvgIpc) is 2.19. The van der Waals surface area contributed by atoms with Crippen molar-refractivity contribution in [3.05, 3.63) is 35.4 Å². The zero-order chi connectivity index (χ0) is 8.84. The lowest BCUT2D eigenvalue weighted by atomic mass is 9.66. The molecule has 3 unspecified atom stereocenters. The zero-order valence-corrected chi connectivity index (χ0v) is 7.61. The molecular weight excluding hydrogens is 160 g/mol. The molecule has 3 aliphatic carbocycles. The van der Waals surface area contributed by atoms with Crippen molar-refractivity contribution in [2.45, 2.75) is 37.2 Å². The highest BCUT2D eigenvalue weighted by Gasteiger charge is 2.38. The highest BCUT2D eigenvalue weighted by molar-refractivity contribution is 5.39. The first-order valence-electron chi connectivity index (χ1n) is 5.13. The van der Waals surface area contributed by atoms with Crippen LogP contribution in [-0.4, -0.2) is 11.2 Å². The Morgan fingerprint density at radius 1 is 1.08 bits per heavy atom. The van der Waals surface area contributed by atoms with E-state index in [0.717, 1.165) is 6.42 Å². The van der Waals surface area contributed by atoms with Crippen molar-refractivity contribution < 1.29 is 5.11 Å². The zero-order valence-electron chi connectivity index (χ0n) is 7.61. The maximum Gasteiger partial charge on any atom is 0.0614 e. The third-order valence-electron chi connectivity index (χ3n) is 3.65. The minimum atomic E-state index is -0.0753. The van der Waals surface area contributed by atoms with Crippen LogP contribution in [0.1, 0.15) is 42.2 Å². The van der Waals surface area contributed by atoms with Gasteiger partial charge in [0.1, 0.15) is 0 Å². The molecule has 1 heteroatoms. The van der Waals surface area contributed by atoms with Gasteiger partial charge in [-0.3, -0.25) is 0 Å². The summed E-state index contributed by atoms with van der Waals surface area (Å²) in [6.07, 6.45) is 3.37. The molecule has 1 N–H and O–H groups in total. The smallest absolute Gasteiger partial charge is 0.0614 e. The highest BCUT2D eigenvalue weighted by atomic mass is 16.3. The molecule has 0 amide bonds. The summed E-state index contributed by atoms with van der Waals surface area (Å²) in [5.41, 5.74) is 2.92. The Morgan fingerprint density at radius 2 is 1.85 bits per heavy atom. The summed E-state index contributed by atoms with van der Waals surface area (Å²) in [5.74, 6) is 1.07. The van der Waals surface area contributed by atoms with Gasteiger partial charge < -0.3 is 5.11 Å². The van der Waals surface area contributed by atoms with Crippen molar-refractivity contribution in [3.63, 3.8) is 0 Å². The monoisotopic (exact) mass is 174 g/mol. The number of fused-ring (bicyclic) bond motifs is 2. The summed E-state index contributed by atoms with van der Waals surface area (Å²) in [6.45, 7) is 0. The third kappa shape index (κ3) is 0.969. The van der Waals surface area contributed by atoms with E-state index in [4.69, 9.17) is 0 Å². The van der Waals surface area contributed by atoms with Crippen molar-refractivity contribution in [1.29, 1.82) is 0 Å². The number of hydrogen-bond donors (Lipinski definition) is 1. The van der Waals surface area contributed by atoms with Gasteiger partial charge in [0.25, 0.3) is 0 Å². The van der Waals surface area contributed by atoms with Crippen LogP contribution in [0, 0.1) is 0 Å². The van der Waals surface area contributed by atoms with Gasteiger partial charge in [0.2, 0.25) is 0 Å². The normalized spacial score (nSPS) is 35.9. The standard InChI is InChI=1S/C12H14O/c13-12-7-8-5-6-11(12)10-4-2-1-3-9(8)10/h1-4,8,11-13H,5-7H2. The van der Waals surface area contributed by atoms with Crippen LogP contribution in [0.4, 0.5) is 0 Å². The summed E-state index contributed by atoms with van der Waals surface area (Å²) < 4.78 is 0. The van der Waals surface area contributed by atoms with Crippen molar-refractivity contribution in [3.8, 4) is 0 Å². The minimum Gasteiger partial charge on any atom is -0.392 e. The Balaban J connectivity index is 2.16. The molecule has 2 bridgehead atoms. The average molecular weight is 174 g/mol. The van der Waals surface area contributed by atoms with Crippen LogP contribution in [0.3, 0.4) is 0 Å². The first-order valence-corrected chi connectivity index (χ1v) is 5.13.